The van der Waals surface area contributed by atoms with E-state index in [0.29, 0.717) is 16.1 Å². The molecule has 7 nitrogen and oxygen atoms in total. The summed E-state index contributed by atoms with van der Waals surface area (Å²) in [5, 5.41) is 10.2. The molecule has 4 rings (SSSR count). The van der Waals surface area contributed by atoms with Crippen LogP contribution >= 0.6 is 22.9 Å². The number of carboxylic acid groups (broad SMARTS) is 1. The molecular formula is C23H19ClF2N2O5S. The number of hydrogen-bond donors (Lipinski definition) is 1. The van der Waals surface area contributed by atoms with Gasteiger partial charge in [0, 0.05) is 23.3 Å². The van der Waals surface area contributed by atoms with E-state index in [0.717, 1.165) is 16.0 Å². The molecule has 1 N–H and O–H groups in total. The summed E-state index contributed by atoms with van der Waals surface area (Å²) in [6.45, 7) is 1.22. The number of aliphatic carboxylic acids is 1. The van der Waals surface area contributed by atoms with Gasteiger partial charge in [-0.1, -0.05) is 17.7 Å². The van der Waals surface area contributed by atoms with Crippen LogP contribution in [0.2, 0.25) is 5.02 Å². The molecule has 1 atom stereocenters. The van der Waals surface area contributed by atoms with E-state index in [1.54, 1.807) is 6.20 Å². The highest BCUT2D eigenvalue weighted by atomic mass is 35.5. The van der Waals surface area contributed by atoms with Crippen molar-refractivity contribution in [2.45, 2.75) is 26.0 Å². The van der Waals surface area contributed by atoms with E-state index in [9.17, 15) is 18.4 Å². The van der Waals surface area contributed by atoms with Gasteiger partial charge in [0.15, 0.2) is 18.2 Å². The SMILES string of the molecule is Cc1ncc(COC(=O)N2CCc3c(ccc(F)c3F)[C@H]2c2cc(Cl)ccc2OCC(=O)O)s1. The number of aromatic nitrogens is 1. The number of carboxylic acids is 1. The molecule has 34 heavy (non-hydrogen) atoms. The first-order valence-electron chi connectivity index (χ1n) is 10.2. The monoisotopic (exact) mass is 508 g/mol. The minimum atomic E-state index is -1.20. The highest BCUT2D eigenvalue weighted by molar-refractivity contribution is 7.11. The zero-order valence-electron chi connectivity index (χ0n) is 17.9. The third-order valence-corrected chi connectivity index (χ3v) is 6.42. The summed E-state index contributed by atoms with van der Waals surface area (Å²) in [5.74, 6) is -3.05. The Morgan fingerprint density at radius 3 is 2.76 bits per heavy atom. The molecule has 0 saturated carbocycles. The smallest absolute Gasteiger partial charge is 0.410 e. The summed E-state index contributed by atoms with van der Waals surface area (Å²) in [6.07, 6.45) is 0.995. The van der Waals surface area contributed by atoms with E-state index in [2.05, 4.69) is 4.98 Å². The molecule has 1 amide bonds. The number of amides is 1. The maximum atomic E-state index is 14.7. The van der Waals surface area contributed by atoms with Gasteiger partial charge in [-0.25, -0.2) is 23.4 Å². The first-order valence-corrected chi connectivity index (χ1v) is 11.4. The highest BCUT2D eigenvalue weighted by Crippen LogP contribution is 2.42. The van der Waals surface area contributed by atoms with Crippen molar-refractivity contribution in [3.63, 3.8) is 0 Å². The largest absolute Gasteiger partial charge is 0.482 e. The number of aryl methyl sites for hydroxylation is 1. The average Bonchev–Trinajstić information content (AvgIpc) is 3.23. The fourth-order valence-corrected chi connectivity index (χ4v) is 4.76. The van der Waals surface area contributed by atoms with Gasteiger partial charge in [-0.3, -0.25) is 4.90 Å². The van der Waals surface area contributed by atoms with Crippen LogP contribution in [0.25, 0.3) is 0 Å². The number of carbonyl (C=O) groups is 2. The second kappa shape index (κ2) is 9.94. The van der Waals surface area contributed by atoms with Gasteiger partial charge in [0.1, 0.15) is 12.4 Å². The van der Waals surface area contributed by atoms with Gasteiger partial charge >= 0.3 is 12.1 Å². The van der Waals surface area contributed by atoms with Gasteiger partial charge in [-0.15, -0.1) is 11.3 Å². The Balaban J connectivity index is 1.75. The molecule has 0 saturated heterocycles. The second-order valence-corrected chi connectivity index (χ2v) is 9.30. The van der Waals surface area contributed by atoms with Crippen molar-refractivity contribution in [3.05, 3.63) is 79.8 Å². The van der Waals surface area contributed by atoms with Crippen LogP contribution in [-0.2, 0) is 22.6 Å². The Bertz CT molecular complexity index is 1250. The number of rotatable bonds is 6. The number of ether oxygens (including phenoxy) is 2. The lowest BCUT2D eigenvalue weighted by atomic mass is 9.87. The molecule has 0 aliphatic carbocycles. The minimum Gasteiger partial charge on any atom is -0.482 e. The molecule has 1 aliphatic heterocycles. The van der Waals surface area contributed by atoms with Crippen molar-refractivity contribution in [3.8, 4) is 5.75 Å². The Labute approximate surface area is 202 Å². The number of benzene rings is 2. The molecular weight excluding hydrogens is 490 g/mol. The van der Waals surface area contributed by atoms with Crippen LogP contribution in [0.1, 0.15) is 32.6 Å². The fraction of sp³-hybridized carbons (Fsp3) is 0.261. The Morgan fingerprint density at radius 2 is 2.06 bits per heavy atom. The second-order valence-electron chi connectivity index (χ2n) is 7.54. The Hall–Kier alpha value is -3.24. The van der Waals surface area contributed by atoms with E-state index < -0.39 is 36.3 Å². The molecule has 0 spiro atoms. The molecule has 3 aromatic rings. The maximum Gasteiger partial charge on any atom is 0.410 e. The van der Waals surface area contributed by atoms with Gasteiger partial charge < -0.3 is 14.6 Å². The Morgan fingerprint density at radius 1 is 1.26 bits per heavy atom. The summed E-state index contributed by atoms with van der Waals surface area (Å²) in [7, 11) is 0. The van der Waals surface area contributed by atoms with Crippen molar-refractivity contribution >= 4 is 35.0 Å². The predicted molar refractivity (Wildman–Crippen MR) is 120 cm³/mol. The molecule has 0 radical (unpaired) electrons. The van der Waals surface area contributed by atoms with Crippen LogP contribution in [0.4, 0.5) is 13.6 Å². The summed E-state index contributed by atoms with van der Waals surface area (Å²) >= 11 is 7.60. The molecule has 1 aromatic heterocycles. The van der Waals surface area contributed by atoms with E-state index in [1.807, 2.05) is 6.92 Å². The first-order chi connectivity index (χ1) is 16.2. The van der Waals surface area contributed by atoms with E-state index in [-0.39, 0.29) is 30.9 Å². The van der Waals surface area contributed by atoms with Crippen molar-refractivity contribution in [1.82, 2.24) is 9.88 Å². The number of thiazole rings is 1. The van der Waals surface area contributed by atoms with E-state index >= 15 is 0 Å². The van der Waals surface area contributed by atoms with Crippen LogP contribution in [0, 0.1) is 18.6 Å². The average molecular weight is 509 g/mol. The molecule has 0 bridgehead atoms. The number of halogens is 3. The number of nitrogens with zero attached hydrogens (tertiary/aromatic N) is 2. The third kappa shape index (κ3) is 4.97. The molecule has 0 unspecified atom stereocenters. The fourth-order valence-electron chi connectivity index (χ4n) is 3.87. The molecule has 2 aromatic carbocycles. The predicted octanol–water partition coefficient (Wildman–Crippen LogP) is 5.13. The van der Waals surface area contributed by atoms with Crippen LogP contribution in [0.3, 0.4) is 0 Å². The summed E-state index contributed by atoms with van der Waals surface area (Å²) < 4.78 is 39.5. The van der Waals surface area contributed by atoms with Crippen molar-refractivity contribution in [2.24, 2.45) is 0 Å². The summed E-state index contributed by atoms with van der Waals surface area (Å²) in [5.41, 5.74) is 0.778. The number of carbonyl (C=O) groups excluding carboxylic acids is 1. The number of fused-ring (bicyclic) bond motifs is 1. The topological polar surface area (TPSA) is 89.0 Å². The quantitative estimate of drug-likeness (QED) is 0.496. The zero-order valence-corrected chi connectivity index (χ0v) is 19.5. The summed E-state index contributed by atoms with van der Waals surface area (Å²) in [6, 6.07) is 5.92. The van der Waals surface area contributed by atoms with E-state index in [4.69, 9.17) is 26.2 Å². The van der Waals surface area contributed by atoms with Crippen LogP contribution in [0.5, 0.6) is 5.75 Å². The van der Waals surface area contributed by atoms with Gasteiger partial charge in [0.2, 0.25) is 0 Å². The molecule has 2 heterocycles. The molecule has 1 aliphatic rings. The van der Waals surface area contributed by atoms with Crippen molar-refractivity contribution in [1.29, 1.82) is 0 Å². The molecule has 178 valence electrons. The summed E-state index contributed by atoms with van der Waals surface area (Å²) in [4.78, 5) is 30.5. The lowest BCUT2D eigenvalue weighted by molar-refractivity contribution is -0.139. The zero-order chi connectivity index (χ0) is 24.4. The van der Waals surface area contributed by atoms with Crippen LogP contribution < -0.4 is 4.74 Å². The first kappa shape index (κ1) is 23.9. The molecule has 11 heteroatoms. The third-order valence-electron chi connectivity index (χ3n) is 5.30. The van der Waals surface area contributed by atoms with Crippen LogP contribution in [0.15, 0.2) is 36.5 Å². The van der Waals surface area contributed by atoms with E-state index in [1.165, 1.54) is 40.5 Å². The minimum absolute atomic E-state index is 0.00386. The Kier molecular flexibility index (Phi) is 6.99. The standard InChI is InChI=1S/C23H19ClF2N2O5S/c1-12-27-9-14(34-12)10-33-23(31)28-7-6-15-16(3-4-18(25)21(15)26)22(28)17-8-13(24)2-5-19(17)32-11-20(29)30/h2-5,8-9,22H,6-7,10-11H2,1H3,(H,29,30)/t22-/m0/s1. The highest BCUT2D eigenvalue weighted by Gasteiger charge is 2.37. The lowest BCUT2D eigenvalue weighted by Gasteiger charge is -2.37. The van der Waals surface area contributed by atoms with Gasteiger partial charge in [-0.2, -0.15) is 0 Å². The van der Waals surface area contributed by atoms with Crippen molar-refractivity contribution < 1.29 is 33.0 Å². The maximum absolute atomic E-state index is 14.7. The van der Waals surface area contributed by atoms with Gasteiger partial charge in [0.25, 0.3) is 0 Å². The van der Waals surface area contributed by atoms with Crippen molar-refractivity contribution in [2.75, 3.05) is 13.2 Å². The number of hydrogen-bond acceptors (Lipinski definition) is 6. The van der Waals surface area contributed by atoms with Gasteiger partial charge in [-0.05, 0) is 48.7 Å². The van der Waals surface area contributed by atoms with Gasteiger partial charge in [0.05, 0.1) is 15.9 Å². The lowest BCUT2D eigenvalue weighted by Crippen LogP contribution is -2.41. The normalized spacial score (nSPS) is 15.1. The molecule has 0 fully saturated rings. The van der Waals surface area contributed by atoms with Crippen LogP contribution in [-0.4, -0.2) is 40.2 Å².